The molecule has 0 aromatic rings. The molecule has 0 radical (unpaired) electrons. The number of amides is 1. The van der Waals surface area contributed by atoms with Gasteiger partial charge in [0.15, 0.2) is 5.84 Å². The monoisotopic (exact) mass is 243 g/mol. The van der Waals surface area contributed by atoms with E-state index in [2.05, 4.69) is 25.9 Å². The molecule has 100 valence electrons. The molecule has 3 N–H and O–H groups in total. The van der Waals surface area contributed by atoms with Crippen LogP contribution >= 0.6 is 0 Å². The van der Waals surface area contributed by atoms with E-state index < -0.39 is 5.92 Å². The van der Waals surface area contributed by atoms with Gasteiger partial charge in [0, 0.05) is 13.6 Å². The predicted molar refractivity (Wildman–Crippen MR) is 68.9 cm³/mol. The van der Waals surface area contributed by atoms with Gasteiger partial charge in [-0.25, -0.2) is 0 Å². The molecule has 0 saturated carbocycles. The first-order valence-electron chi connectivity index (χ1n) is 5.95. The quantitative estimate of drug-likeness (QED) is 0.333. The van der Waals surface area contributed by atoms with E-state index in [4.69, 9.17) is 10.9 Å². The molecule has 0 aliphatic rings. The Morgan fingerprint density at radius 1 is 1.47 bits per heavy atom. The summed E-state index contributed by atoms with van der Waals surface area (Å²) in [5.41, 5.74) is 5.59. The van der Waals surface area contributed by atoms with Crippen LogP contribution in [0.4, 0.5) is 0 Å². The molecule has 5 heteroatoms. The summed E-state index contributed by atoms with van der Waals surface area (Å²) in [4.78, 5) is 13.8. The number of nitrogens with zero attached hydrogens (tertiary/aromatic N) is 2. The van der Waals surface area contributed by atoms with Crippen LogP contribution in [0.25, 0.3) is 0 Å². The largest absolute Gasteiger partial charge is 0.409 e. The summed E-state index contributed by atoms with van der Waals surface area (Å²) in [5, 5.41) is 11.6. The number of rotatable bonds is 5. The highest BCUT2D eigenvalue weighted by Crippen LogP contribution is 2.17. The molecule has 0 aromatic heterocycles. The minimum atomic E-state index is -0.516. The third-order valence-corrected chi connectivity index (χ3v) is 2.44. The first-order valence-corrected chi connectivity index (χ1v) is 5.95. The number of oxime groups is 1. The van der Waals surface area contributed by atoms with Gasteiger partial charge in [0.2, 0.25) is 5.91 Å². The minimum absolute atomic E-state index is 0.00221. The molecule has 5 nitrogen and oxygen atoms in total. The zero-order valence-corrected chi connectivity index (χ0v) is 11.5. The summed E-state index contributed by atoms with van der Waals surface area (Å²) >= 11 is 0. The molecule has 1 atom stereocenters. The maximum Gasteiger partial charge on any atom is 0.233 e. The van der Waals surface area contributed by atoms with Crippen LogP contribution in [0, 0.1) is 11.3 Å². The van der Waals surface area contributed by atoms with E-state index >= 15 is 0 Å². The van der Waals surface area contributed by atoms with Gasteiger partial charge in [-0.2, -0.15) is 0 Å². The highest BCUT2D eigenvalue weighted by molar-refractivity contribution is 6.01. The Morgan fingerprint density at radius 3 is 2.35 bits per heavy atom. The Kier molecular flexibility index (Phi) is 5.99. The Bertz CT molecular complexity index is 282. The molecule has 1 unspecified atom stereocenters. The molecular formula is C12H25N3O2. The van der Waals surface area contributed by atoms with Crippen molar-refractivity contribution in [2.24, 2.45) is 22.2 Å². The second kappa shape index (κ2) is 6.47. The Labute approximate surface area is 104 Å². The zero-order chi connectivity index (χ0) is 13.6. The zero-order valence-electron chi connectivity index (χ0n) is 11.5. The fourth-order valence-electron chi connectivity index (χ4n) is 1.81. The van der Waals surface area contributed by atoms with E-state index in [9.17, 15) is 4.79 Å². The molecule has 0 aromatic carbocycles. The smallest absolute Gasteiger partial charge is 0.233 e. The second-order valence-corrected chi connectivity index (χ2v) is 5.62. The summed E-state index contributed by atoms with van der Waals surface area (Å²) in [6, 6.07) is 0. The van der Waals surface area contributed by atoms with Crippen molar-refractivity contribution in [1.82, 2.24) is 4.90 Å². The van der Waals surface area contributed by atoms with Crippen molar-refractivity contribution < 1.29 is 10.0 Å². The fourth-order valence-corrected chi connectivity index (χ4v) is 1.81. The Morgan fingerprint density at radius 2 is 2.00 bits per heavy atom. The van der Waals surface area contributed by atoms with Crippen molar-refractivity contribution >= 4 is 11.7 Å². The molecular weight excluding hydrogens is 218 g/mol. The summed E-state index contributed by atoms with van der Waals surface area (Å²) in [6.45, 7) is 8.80. The van der Waals surface area contributed by atoms with E-state index in [0.717, 1.165) is 6.42 Å². The number of hydrogen-bond acceptors (Lipinski definition) is 3. The number of nitrogens with two attached hydrogens (primary N) is 1. The normalized spacial score (nSPS) is 14.5. The predicted octanol–water partition coefficient (Wildman–Crippen LogP) is 1.65. The van der Waals surface area contributed by atoms with Gasteiger partial charge < -0.3 is 15.8 Å². The number of carbonyl (C=O) groups is 1. The van der Waals surface area contributed by atoms with E-state index in [1.165, 1.54) is 0 Å². The van der Waals surface area contributed by atoms with Gasteiger partial charge in [-0.05, 0) is 11.8 Å². The van der Waals surface area contributed by atoms with Crippen LogP contribution in [0.5, 0.6) is 0 Å². The standard InChI is InChI=1S/C12H25N3O2/c1-6-7-9(10(13)14-17)11(16)15(5)8-12(2,3)4/h9,17H,6-8H2,1-5H3,(H2,13,14). The first kappa shape index (κ1) is 15.7. The average molecular weight is 243 g/mol. The Hall–Kier alpha value is -1.26. The van der Waals surface area contributed by atoms with Crippen LogP contribution in [0.1, 0.15) is 40.5 Å². The van der Waals surface area contributed by atoms with Gasteiger partial charge in [0.1, 0.15) is 0 Å². The molecule has 0 rings (SSSR count). The molecule has 0 heterocycles. The lowest BCUT2D eigenvalue weighted by molar-refractivity contribution is -0.133. The maximum absolute atomic E-state index is 12.2. The molecule has 17 heavy (non-hydrogen) atoms. The van der Waals surface area contributed by atoms with Crippen LogP contribution in [-0.2, 0) is 4.79 Å². The third kappa shape index (κ3) is 5.56. The molecule has 0 spiro atoms. The fraction of sp³-hybridized carbons (Fsp3) is 0.833. The highest BCUT2D eigenvalue weighted by atomic mass is 16.4. The number of hydrogen-bond donors (Lipinski definition) is 2. The van der Waals surface area contributed by atoms with Crippen LogP contribution in [-0.4, -0.2) is 35.4 Å². The topological polar surface area (TPSA) is 78.9 Å². The first-order chi connectivity index (χ1) is 7.72. The third-order valence-electron chi connectivity index (χ3n) is 2.44. The molecule has 0 aliphatic carbocycles. The summed E-state index contributed by atoms with van der Waals surface area (Å²) in [6.07, 6.45) is 1.42. The SMILES string of the molecule is CCCC(C(=O)N(C)CC(C)(C)C)C(N)=NO. The summed E-state index contributed by atoms with van der Waals surface area (Å²) < 4.78 is 0. The summed E-state index contributed by atoms with van der Waals surface area (Å²) in [5.74, 6) is -0.605. The second-order valence-electron chi connectivity index (χ2n) is 5.62. The van der Waals surface area contributed by atoms with Gasteiger partial charge in [-0.1, -0.05) is 39.3 Å². The summed E-state index contributed by atoms with van der Waals surface area (Å²) in [7, 11) is 1.75. The van der Waals surface area contributed by atoms with Crippen LogP contribution in [0.15, 0.2) is 5.16 Å². The van der Waals surface area contributed by atoms with Crippen molar-refractivity contribution in [3.05, 3.63) is 0 Å². The average Bonchev–Trinajstić information content (AvgIpc) is 2.21. The van der Waals surface area contributed by atoms with E-state index in [1.807, 2.05) is 6.92 Å². The van der Waals surface area contributed by atoms with Crippen molar-refractivity contribution in [2.75, 3.05) is 13.6 Å². The lowest BCUT2D eigenvalue weighted by Gasteiger charge is -2.29. The van der Waals surface area contributed by atoms with Crippen molar-refractivity contribution in [1.29, 1.82) is 0 Å². The lowest BCUT2D eigenvalue weighted by atomic mass is 9.94. The number of carbonyl (C=O) groups excluding carboxylic acids is 1. The van der Waals surface area contributed by atoms with Crippen LogP contribution in [0.3, 0.4) is 0 Å². The van der Waals surface area contributed by atoms with Gasteiger partial charge in [-0.3, -0.25) is 4.79 Å². The van der Waals surface area contributed by atoms with Crippen LogP contribution in [0.2, 0.25) is 0 Å². The minimum Gasteiger partial charge on any atom is -0.409 e. The van der Waals surface area contributed by atoms with Gasteiger partial charge in [0.25, 0.3) is 0 Å². The highest BCUT2D eigenvalue weighted by Gasteiger charge is 2.27. The van der Waals surface area contributed by atoms with Gasteiger partial charge >= 0.3 is 0 Å². The molecule has 0 bridgehead atoms. The van der Waals surface area contributed by atoms with Crippen LogP contribution < -0.4 is 5.73 Å². The molecule has 0 saturated heterocycles. The van der Waals surface area contributed by atoms with Gasteiger partial charge in [0.05, 0.1) is 5.92 Å². The van der Waals surface area contributed by atoms with E-state index in [0.29, 0.717) is 13.0 Å². The maximum atomic E-state index is 12.2. The van der Waals surface area contributed by atoms with Crippen molar-refractivity contribution in [3.8, 4) is 0 Å². The van der Waals surface area contributed by atoms with Crippen molar-refractivity contribution in [2.45, 2.75) is 40.5 Å². The van der Waals surface area contributed by atoms with E-state index in [-0.39, 0.29) is 17.2 Å². The van der Waals surface area contributed by atoms with E-state index in [1.54, 1.807) is 11.9 Å². The molecule has 1 amide bonds. The van der Waals surface area contributed by atoms with Crippen molar-refractivity contribution in [3.63, 3.8) is 0 Å². The van der Waals surface area contributed by atoms with Gasteiger partial charge in [-0.15, -0.1) is 0 Å². The molecule has 0 fully saturated rings. The lowest BCUT2D eigenvalue weighted by Crippen LogP contribution is -2.43. The number of amidine groups is 1. The molecule has 0 aliphatic heterocycles. The Balaban J connectivity index is 4.73.